The summed E-state index contributed by atoms with van der Waals surface area (Å²) in [7, 11) is -4.26. The maximum atomic E-state index is 13.9. The van der Waals surface area contributed by atoms with Crippen molar-refractivity contribution in [2.45, 2.75) is 36.3 Å². The van der Waals surface area contributed by atoms with Crippen molar-refractivity contribution in [3.8, 4) is 0 Å². The molecule has 3 rings (SSSR count). The topological polar surface area (TPSA) is 54.4 Å². The fraction of sp³-hybridized carbons (Fsp3) is 1.00. The minimum absolute atomic E-state index is 0.0278. The molecule has 1 N–H and O–H groups in total. The Morgan fingerprint density at radius 1 is 1.18 bits per heavy atom. The molecule has 1 saturated heterocycles. The molecule has 0 aromatic heterocycles. The molecule has 7 heteroatoms. The third-order valence-corrected chi connectivity index (χ3v) is 6.39. The number of alkyl halides is 3. The van der Waals surface area contributed by atoms with Crippen LogP contribution < -0.4 is 0 Å². The van der Waals surface area contributed by atoms with E-state index in [0.29, 0.717) is 6.42 Å². The third-order valence-electron chi connectivity index (χ3n) is 4.56. The second-order valence-electron chi connectivity index (χ2n) is 5.51. The summed E-state index contributed by atoms with van der Waals surface area (Å²) >= 11 is 0. The summed E-state index contributed by atoms with van der Waals surface area (Å²) in [6.45, 7) is 0. The van der Waals surface area contributed by atoms with Gasteiger partial charge in [-0.15, -0.1) is 0 Å². The molecule has 3 aliphatic rings. The van der Waals surface area contributed by atoms with Crippen LogP contribution >= 0.6 is 0 Å². The van der Waals surface area contributed by atoms with E-state index in [1.54, 1.807) is 0 Å². The lowest BCUT2D eigenvalue weighted by Gasteiger charge is -2.32. The fourth-order valence-electron chi connectivity index (χ4n) is 3.48. The van der Waals surface area contributed by atoms with Gasteiger partial charge in [0.1, 0.15) is 5.75 Å². The van der Waals surface area contributed by atoms with Gasteiger partial charge in [0.05, 0.1) is 6.10 Å². The Kier molecular flexibility index (Phi) is 2.07. The Morgan fingerprint density at radius 3 is 2.12 bits per heavy atom. The second kappa shape index (κ2) is 2.99. The minimum atomic E-state index is -4.26. The molecule has 0 amide bonds. The minimum Gasteiger partial charge on any atom is -0.393 e. The van der Waals surface area contributed by atoms with Gasteiger partial charge in [0.25, 0.3) is 10.9 Å². The van der Waals surface area contributed by atoms with Crippen molar-refractivity contribution in [3.63, 3.8) is 0 Å². The molecule has 17 heavy (non-hydrogen) atoms. The van der Waals surface area contributed by atoms with E-state index in [-0.39, 0.29) is 18.8 Å². The first kappa shape index (κ1) is 11.8. The van der Waals surface area contributed by atoms with Crippen LogP contribution in [0.2, 0.25) is 0 Å². The van der Waals surface area contributed by atoms with Crippen molar-refractivity contribution in [1.29, 1.82) is 0 Å². The van der Waals surface area contributed by atoms with Crippen molar-refractivity contribution in [1.82, 2.24) is 0 Å². The molecular formula is C10H13F3O3S. The van der Waals surface area contributed by atoms with Crippen LogP contribution in [0.15, 0.2) is 0 Å². The monoisotopic (exact) mass is 270 g/mol. The lowest BCUT2D eigenvalue weighted by Crippen LogP contribution is -2.45. The van der Waals surface area contributed by atoms with Gasteiger partial charge < -0.3 is 5.11 Å². The highest BCUT2D eigenvalue weighted by Crippen LogP contribution is 2.61. The molecule has 5 unspecified atom stereocenters. The van der Waals surface area contributed by atoms with Crippen LogP contribution in [-0.2, 0) is 9.84 Å². The van der Waals surface area contributed by atoms with E-state index in [1.165, 1.54) is 0 Å². The van der Waals surface area contributed by atoms with Crippen molar-refractivity contribution in [2.75, 3.05) is 5.75 Å². The largest absolute Gasteiger partial charge is 0.393 e. The van der Waals surface area contributed by atoms with Crippen LogP contribution in [-0.4, -0.2) is 36.3 Å². The molecule has 2 saturated carbocycles. The van der Waals surface area contributed by atoms with Crippen LogP contribution in [0.5, 0.6) is 0 Å². The molecular weight excluding hydrogens is 257 g/mol. The normalized spacial score (nSPS) is 51.8. The first-order valence-corrected chi connectivity index (χ1v) is 7.31. The summed E-state index contributed by atoms with van der Waals surface area (Å²) < 4.78 is 63.5. The van der Waals surface area contributed by atoms with Gasteiger partial charge in [0.15, 0.2) is 9.84 Å². The van der Waals surface area contributed by atoms with Crippen molar-refractivity contribution < 1.29 is 26.7 Å². The molecule has 2 aliphatic carbocycles. The van der Waals surface area contributed by atoms with Gasteiger partial charge in [-0.2, -0.15) is 0 Å². The van der Waals surface area contributed by atoms with E-state index in [4.69, 9.17) is 0 Å². The van der Waals surface area contributed by atoms with Crippen LogP contribution in [0.25, 0.3) is 0 Å². The van der Waals surface area contributed by atoms with E-state index < -0.39 is 44.5 Å². The van der Waals surface area contributed by atoms with Gasteiger partial charge in [-0.1, -0.05) is 0 Å². The first-order valence-electron chi connectivity index (χ1n) is 5.66. The number of aliphatic hydroxyl groups is 1. The molecule has 0 aromatic rings. The predicted octanol–water partition coefficient (Wildman–Crippen LogP) is 1.12. The Morgan fingerprint density at radius 2 is 1.76 bits per heavy atom. The standard InChI is InChI=1S/C10H13F3O3S/c11-9(4-17(9,15)16)10(12,13)7-2-6-1-5(7)3-8(6)14/h5-8,14H,1-4H2. The predicted molar refractivity (Wildman–Crippen MR) is 52.9 cm³/mol. The highest BCUT2D eigenvalue weighted by atomic mass is 32.2. The van der Waals surface area contributed by atoms with Gasteiger partial charge in [-0.3, -0.25) is 0 Å². The zero-order valence-corrected chi connectivity index (χ0v) is 9.76. The molecule has 0 radical (unpaired) electrons. The third kappa shape index (κ3) is 1.30. The quantitative estimate of drug-likeness (QED) is 0.765. The Labute approximate surface area is 96.9 Å². The van der Waals surface area contributed by atoms with Crippen molar-refractivity contribution in [2.24, 2.45) is 17.8 Å². The molecule has 5 atom stereocenters. The summed E-state index contributed by atoms with van der Waals surface area (Å²) in [6.07, 6.45) is 0.136. The van der Waals surface area contributed by atoms with Gasteiger partial charge in [-0.25, -0.2) is 21.6 Å². The van der Waals surface area contributed by atoms with Crippen molar-refractivity contribution in [3.05, 3.63) is 0 Å². The highest BCUT2D eigenvalue weighted by Gasteiger charge is 2.80. The Bertz CT molecular complexity index is 461. The number of halogens is 3. The van der Waals surface area contributed by atoms with E-state index in [2.05, 4.69) is 0 Å². The lowest BCUT2D eigenvalue weighted by atomic mass is 9.81. The molecule has 2 bridgehead atoms. The number of aliphatic hydroxyl groups excluding tert-OH is 1. The van der Waals surface area contributed by atoms with Crippen LogP contribution in [0.4, 0.5) is 13.2 Å². The zero-order valence-electron chi connectivity index (χ0n) is 8.94. The molecule has 3 fully saturated rings. The molecule has 0 spiro atoms. The molecule has 1 aliphatic heterocycles. The Balaban J connectivity index is 1.87. The molecule has 3 nitrogen and oxygen atoms in total. The second-order valence-corrected chi connectivity index (χ2v) is 7.68. The molecule has 0 aromatic carbocycles. The summed E-state index contributed by atoms with van der Waals surface area (Å²) in [4.78, 5) is 0. The van der Waals surface area contributed by atoms with Crippen molar-refractivity contribution >= 4 is 9.84 Å². The van der Waals surface area contributed by atoms with E-state index >= 15 is 0 Å². The Hall–Kier alpha value is -0.300. The van der Waals surface area contributed by atoms with Gasteiger partial charge in [-0.05, 0) is 31.1 Å². The average molecular weight is 270 g/mol. The maximum absolute atomic E-state index is 13.9. The number of fused-ring (bicyclic) bond motifs is 2. The average Bonchev–Trinajstić information content (AvgIpc) is 2.57. The molecule has 1 heterocycles. The van der Waals surface area contributed by atoms with E-state index in [0.717, 1.165) is 0 Å². The van der Waals surface area contributed by atoms with Crippen LogP contribution in [0, 0.1) is 17.8 Å². The summed E-state index contributed by atoms with van der Waals surface area (Å²) in [5.74, 6) is -6.79. The van der Waals surface area contributed by atoms with Gasteiger partial charge in [0, 0.05) is 5.92 Å². The fourth-order valence-corrected chi connectivity index (χ4v) is 4.96. The number of rotatable bonds is 2. The van der Waals surface area contributed by atoms with Crippen LogP contribution in [0.1, 0.15) is 19.3 Å². The first-order chi connectivity index (χ1) is 7.69. The van der Waals surface area contributed by atoms with Gasteiger partial charge >= 0.3 is 0 Å². The smallest absolute Gasteiger partial charge is 0.299 e. The highest BCUT2D eigenvalue weighted by molar-refractivity contribution is 8.00. The van der Waals surface area contributed by atoms with Crippen LogP contribution in [0.3, 0.4) is 0 Å². The zero-order chi connectivity index (χ0) is 12.6. The summed E-state index contributed by atoms with van der Waals surface area (Å²) in [5, 5.41) is 6.12. The number of hydrogen-bond acceptors (Lipinski definition) is 3. The van der Waals surface area contributed by atoms with Gasteiger partial charge in [0.2, 0.25) is 0 Å². The summed E-state index contributed by atoms with van der Waals surface area (Å²) in [6, 6.07) is 0. The summed E-state index contributed by atoms with van der Waals surface area (Å²) in [5.41, 5.74) is 0. The number of sulfone groups is 1. The molecule has 98 valence electrons. The lowest BCUT2D eigenvalue weighted by molar-refractivity contribution is -0.136. The van der Waals surface area contributed by atoms with E-state index in [1.807, 2.05) is 0 Å². The SMILES string of the molecule is O=S1(=O)CC1(F)C(F)(F)C1CC2CC1CC2O. The van der Waals surface area contributed by atoms with E-state index in [9.17, 15) is 26.7 Å². The number of hydrogen-bond donors (Lipinski definition) is 1. The maximum Gasteiger partial charge on any atom is 0.299 e.